The predicted molar refractivity (Wildman–Crippen MR) is 245 cm³/mol. The molecule has 72 heavy (non-hydrogen) atoms. The maximum absolute atomic E-state index is 12.9. The molecule has 0 aromatic carbocycles. The maximum Gasteiger partial charge on any atom is 0.187 e. The number of hydrogen-bond donors (Lipinski definition) is 11. The average Bonchev–Trinajstić information content (AvgIpc) is 3.71. The van der Waals surface area contributed by atoms with E-state index >= 15 is 0 Å². The van der Waals surface area contributed by atoms with Crippen LogP contribution in [-0.2, 0) is 47.4 Å². The van der Waals surface area contributed by atoms with Gasteiger partial charge in [-0.05, 0) is 101 Å². The second-order valence-electron chi connectivity index (χ2n) is 23.9. The van der Waals surface area contributed by atoms with E-state index in [9.17, 15) is 56.2 Å². The van der Waals surface area contributed by atoms with Gasteiger partial charge >= 0.3 is 0 Å². The van der Waals surface area contributed by atoms with Crippen molar-refractivity contribution in [3.05, 3.63) is 11.6 Å². The first-order chi connectivity index (χ1) is 34.0. The molecule has 9 fully saturated rings. The van der Waals surface area contributed by atoms with Crippen LogP contribution in [0, 0.1) is 40.4 Å². The van der Waals surface area contributed by atoms with Gasteiger partial charge < -0.3 is 104 Å². The molecule has 412 valence electrons. The molecule has 0 unspecified atom stereocenters. The lowest BCUT2D eigenvalue weighted by molar-refractivity contribution is -0.394. The van der Waals surface area contributed by atoms with Crippen LogP contribution in [0.2, 0.25) is 0 Å². The van der Waals surface area contributed by atoms with E-state index in [1.807, 2.05) is 0 Å². The molecule has 21 heteroatoms. The SMILES string of the molecule is C[C@@H]1CC[C@@]2(OC1)O[C@H]1C[C@@H]3[C@@H]4CC=C5C[C@@H](O[C@@H]6O[C@H](CO)[C@@H](O[C@@H]7O[C@@H](C)[C@H](O[C@@H]8O[C@@H](C)[C@H](O)[C@@H](O)[C@H]8O)[C@@H](O)[C@H]7O)[C@H](O)[C@H]6O[C@@H]6O[C@@H](C)[C@H](O)[C@@H](O)[C@H]6O)CC[C@]5(C)[C@H]4CC[C@]3(C)[C@@]1(O)[C@@H]2C. The van der Waals surface area contributed by atoms with E-state index in [1.54, 1.807) is 0 Å². The monoisotopic (exact) mass is 1030 g/mol. The van der Waals surface area contributed by atoms with Gasteiger partial charge in [-0.1, -0.05) is 39.3 Å². The number of rotatable bonds is 9. The highest BCUT2D eigenvalue weighted by atomic mass is 16.8. The van der Waals surface area contributed by atoms with Gasteiger partial charge in [0.05, 0.1) is 43.7 Å². The molecule has 4 aliphatic carbocycles. The number of aliphatic hydroxyl groups is 11. The molecule has 3 saturated carbocycles. The zero-order valence-electron chi connectivity index (χ0n) is 42.4. The van der Waals surface area contributed by atoms with Crippen LogP contribution in [-0.4, -0.2) is 216 Å². The second-order valence-corrected chi connectivity index (χ2v) is 23.9. The molecule has 6 heterocycles. The first kappa shape index (κ1) is 54.3. The van der Waals surface area contributed by atoms with Crippen LogP contribution in [0.1, 0.15) is 106 Å². The fourth-order valence-electron chi connectivity index (χ4n) is 15.4. The summed E-state index contributed by atoms with van der Waals surface area (Å²) in [7, 11) is 0. The van der Waals surface area contributed by atoms with Crippen molar-refractivity contribution in [1.29, 1.82) is 0 Å². The molecule has 0 aromatic heterocycles. The Morgan fingerprint density at radius 2 is 1.19 bits per heavy atom. The highest BCUT2D eigenvalue weighted by Gasteiger charge is 2.76. The Balaban J connectivity index is 0.842. The zero-order chi connectivity index (χ0) is 51.7. The quantitative estimate of drug-likeness (QED) is 0.126. The van der Waals surface area contributed by atoms with E-state index in [0.717, 1.165) is 44.9 Å². The number of ether oxygens (including phenoxy) is 10. The van der Waals surface area contributed by atoms with Gasteiger partial charge in [0.2, 0.25) is 0 Å². The smallest absolute Gasteiger partial charge is 0.187 e. The lowest BCUT2D eigenvalue weighted by Gasteiger charge is -2.60. The van der Waals surface area contributed by atoms with Gasteiger partial charge in [-0.15, -0.1) is 0 Å². The fourth-order valence-corrected chi connectivity index (χ4v) is 15.4. The van der Waals surface area contributed by atoms with E-state index in [0.29, 0.717) is 37.2 Å². The van der Waals surface area contributed by atoms with E-state index in [2.05, 4.69) is 33.8 Å². The predicted octanol–water partition coefficient (Wildman–Crippen LogP) is -0.792. The Labute approximate surface area is 420 Å². The number of hydrogen-bond acceptors (Lipinski definition) is 21. The third-order valence-corrected chi connectivity index (χ3v) is 20.0. The number of aliphatic hydroxyl groups excluding tert-OH is 10. The van der Waals surface area contributed by atoms with Crippen molar-refractivity contribution >= 4 is 0 Å². The highest BCUT2D eigenvalue weighted by molar-refractivity contribution is 5.29. The van der Waals surface area contributed by atoms with Crippen molar-refractivity contribution in [1.82, 2.24) is 0 Å². The lowest BCUT2D eigenvalue weighted by Crippen LogP contribution is -2.67. The van der Waals surface area contributed by atoms with Crippen molar-refractivity contribution in [3.63, 3.8) is 0 Å². The van der Waals surface area contributed by atoms with Gasteiger partial charge in [0.1, 0.15) is 85.0 Å². The molecule has 0 radical (unpaired) electrons. The van der Waals surface area contributed by atoms with E-state index in [4.69, 9.17) is 47.4 Å². The Morgan fingerprint density at radius 3 is 1.81 bits per heavy atom. The molecule has 0 aromatic rings. The summed E-state index contributed by atoms with van der Waals surface area (Å²) in [5.74, 6) is 0.531. The molecule has 6 aliphatic heterocycles. The molecular formula is C51H82O21. The fraction of sp³-hybridized carbons (Fsp3) is 0.961. The van der Waals surface area contributed by atoms with Crippen molar-refractivity contribution in [2.75, 3.05) is 13.2 Å². The molecule has 0 bridgehead atoms. The van der Waals surface area contributed by atoms with Crippen LogP contribution < -0.4 is 0 Å². The van der Waals surface area contributed by atoms with Crippen LogP contribution in [0.4, 0.5) is 0 Å². The Bertz CT molecular complexity index is 1940. The van der Waals surface area contributed by atoms with Gasteiger partial charge in [0, 0.05) is 17.8 Å². The Morgan fingerprint density at radius 1 is 0.597 bits per heavy atom. The molecule has 10 rings (SSSR count). The summed E-state index contributed by atoms with van der Waals surface area (Å²) >= 11 is 0. The van der Waals surface area contributed by atoms with E-state index in [-0.39, 0.29) is 28.8 Å². The van der Waals surface area contributed by atoms with Crippen LogP contribution in [0.25, 0.3) is 0 Å². The van der Waals surface area contributed by atoms with Gasteiger partial charge in [-0.2, -0.15) is 0 Å². The molecule has 10 aliphatic rings. The van der Waals surface area contributed by atoms with E-state index < -0.39 is 147 Å². The third kappa shape index (κ3) is 8.63. The summed E-state index contributed by atoms with van der Waals surface area (Å²) in [6.07, 6.45) is -21.2. The third-order valence-electron chi connectivity index (χ3n) is 20.0. The minimum Gasteiger partial charge on any atom is -0.394 e. The topological polar surface area (TPSA) is 315 Å². The summed E-state index contributed by atoms with van der Waals surface area (Å²) in [6, 6.07) is 0. The van der Waals surface area contributed by atoms with Crippen LogP contribution in [0.3, 0.4) is 0 Å². The van der Waals surface area contributed by atoms with Gasteiger partial charge in [0.15, 0.2) is 30.9 Å². The van der Waals surface area contributed by atoms with E-state index in [1.165, 1.54) is 26.3 Å². The number of fused-ring (bicyclic) bond motifs is 7. The highest BCUT2D eigenvalue weighted by Crippen LogP contribution is 2.72. The summed E-state index contributed by atoms with van der Waals surface area (Å²) in [4.78, 5) is 0. The average molecular weight is 1030 g/mol. The normalized spacial score (nSPS) is 58.8. The molecule has 11 N–H and O–H groups in total. The van der Waals surface area contributed by atoms with Gasteiger partial charge in [0.25, 0.3) is 0 Å². The molecular weight excluding hydrogens is 949 g/mol. The molecule has 0 amide bonds. The maximum atomic E-state index is 12.9. The minimum absolute atomic E-state index is 0.151. The van der Waals surface area contributed by atoms with Crippen LogP contribution in [0.15, 0.2) is 11.6 Å². The molecule has 21 nitrogen and oxygen atoms in total. The lowest BCUT2D eigenvalue weighted by atomic mass is 9.46. The summed E-state index contributed by atoms with van der Waals surface area (Å²) in [5, 5.41) is 122. The first-order valence-corrected chi connectivity index (χ1v) is 26.7. The second kappa shape index (κ2) is 20.0. The summed E-state index contributed by atoms with van der Waals surface area (Å²) in [6.45, 7) is 13.3. The van der Waals surface area contributed by atoms with Crippen molar-refractivity contribution in [2.45, 2.75) is 253 Å². The van der Waals surface area contributed by atoms with Crippen molar-refractivity contribution in [3.8, 4) is 0 Å². The van der Waals surface area contributed by atoms with Crippen molar-refractivity contribution < 1.29 is 104 Å². The Hall–Kier alpha value is -1.10. The molecule has 6 saturated heterocycles. The molecule has 31 atom stereocenters. The first-order valence-electron chi connectivity index (χ1n) is 26.7. The minimum atomic E-state index is -1.86. The van der Waals surface area contributed by atoms with Crippen LogP contribution >= 0.6 is 0 Å². The Kier molecular flexibility index (Phi) is 15.1. The van der Waals surface area contributed by atoms with Crippen LogP contribution in [0.5, 0.6) is 0 Å². The largest absolute Gasteiger partial charge is 0.394 e. The van der Waals surface area contributed by atoms with Crippen molar-refractivity contribution in [2.24, 2.45) is 40.4 Å². The van der Waals surface area contributed by atoms with Gasteiger partial charge in [-0.3, -0.25) is 0 Å². The van der Waals surface area contributed by atoms with Gasteiger partial charge in [-0.25, -0.2) is 0 Å². The number of allylic oxidation sites excluding steroid dienone is 1. The zero-order valence-corrected chi connectivity index (χ0v) is 42.4. The summed E-state index contributed by atoms with van der Waals surface area (Å²) in [5.41, 5.74) is -0.230. The standard InChI is InChI=1S/C51H82O21/c1-20-10-15-50(63-19-20)24(5)51(62)31(72-50)17-29-27-9-8-25-16-26(11-13-48(25,6)28(27)12-14-49(29,51)7)67-47-43(71-45-38(59)35(56)33(54)22(3)65-45)40(61)42(30(18-52)68-47)70-46-39(60)36(57)41(23(4)66-46)69-44-37(58)34(55)32(53)21(2)64-44/h8,20-24,26-47,52-62H,9-19H2,1-7H3/t20-,21+,22+,23+,24-,26+,27-,28+,29-,30-,31+,32+,33+,34-,35-,36+,37-,38-,39-,40+,41+,42-,43-,44+,45+,46+,47-,48+,49+,50-,51-/m1/s1. The summed E-state index contributed by atoms with van der Waals surface area (Å²) < 4.78 is 61.9. The molecule has 1 spiro atoms.